The van der Waals surface area contributed by atoms with Crippen molar-refractivity contribution in [2.75, 3.05) is 39.3 Å². The number of rotatable bonds is 8. The van der Waals surface area contributed by atoms with Gasteiger partial charge in [-0.2, -0.15) is 13.2 Å². The predicted molar refractivity (Wildman–Crippen MR) is 115 cm³/mol. The van der Waals surface area contributed by atoms with E-state index in [0.29, 0.717) is 30.1 Å². The van der Waals surface area contributed by atoms with E-state index in [2.05, 4.69) is 12.2 Å². The lowest BCUT2D eigenvalue weighted by Gasteiger charge is -2.29. The Morgan fingerprint density at radius 3 is 2.16 bits per heavy atom. The molecule has 2 N–H and O–H groups in total. The normalized spacial score (nSPS) is 13.7. The van der Waals surface area contributed by atoms with Gasteiger partial charge in [-0.05, 0) is 30.7 Å². The maximum absolute atomic E-state index is 12.8. The quantitative estimate of drug-likeness (QED) is 0.558. The Bertz CT molecular complexity index is 739. The molecule has 1 aromatic carbocycles. The number of nitrogens with zero attached hydrogens (tertiary/aromatic N) is 2. The number of carboxylic acids is 1. The molecule has 1 aromatic rings. The first-order valence-electron chi connectivity index (χ1n) is 10.4. The van der Waals surface area contributed by atoms with Gasteiger partial charge in [0.1, 0.15) is 0 Å². The zero-order valence-electron chi connectivity index (χ0n) is 18.0. The smallest absolute Gasteiger partial charge is 0.475 e. The second-order valence-corrected chi connectivity index (χ2v) is 7.63. The van der Waals surface area contributed by atoms with Gasteiger partial charge in [-0.15, -0.1) is 0 Å². The fraction of sp³-hybridized carbons (Fsp3) is 0.571. The molecule has 0 aromatic heterocycles. The number of halogens is 4. The number of hydrogen-bond acceptors (Lipinski definition) is 4. The van der Waals surface area contributed by atoms with E-state index in [0.717, 1.165) is 45.4 Å². The Kier molecular flexibility index (Phi) is 12.1. The van der Waals surface area contributed by atoms with Crippen LogP contribution < -0.4 is 5.32 Å². The number of aliphatic carboxylic acids is 1. The molecule has 1 heterocycles. The molecule has 7 nitrogen and oxygen atoms in total. The summed E-state index contributed by atoms with van der Waals surface area (Å²) < 4.78 is 31.7. The van der Waals surface area contributed by atoms with Gasteiger partial charge >= 0.3 is 12.1 Å². The zero-order valence-corrected chi connectivity index (χ0v) is 18.7. The molecule has 0 bridgehead atoms. The van der Waals surface area contributed by atoms with Crippen LogP contribution in [0.3, 0.4) is 0 Å². The number of carboxylic acid groups (broad SMARTS) is 1. The van der Waals surface area contributed by atoms with Gasteiger partial charge in [0.25, 0.3) is 5.91 Å². The van der Waals surface area contributed by atoms with Gasteiger partial charge in [0.2, 0.25) is 5.91 Å². The summed E-state index contributed by atoms with van der Waals surface area (Å²) in [7, 11) is 0. The largest absolute Gasteiger partial charge is 0.490 e. The van der Waals surface area contributed by atoms with E-state index in [1.165, 1.54) is 0 Å². The summed E-state index contributed by atoms with van der Waals surface area (Å²) in [6, 6.07) is 6.95. The first-order chi connectivity index (χ1) is 15.1. The standard InChI is InChI=1S/C19H28ClN3O2.C2HF3O2/c1-2-3-4-12-23(19(25)16-5-7-17(20)8-6-16)13-9-18(24)22-14-10-21-11-15-22;3-2(4,5)1(6)7/h5-8,21H,2-4,9-15H2,1H3;(H,6,7). The first-order valence-corrected chi connectivity index (χ1v) is 10.8. The van der Waals surface area contributed by atoms with Gasteiger partial charge in [0.15, 0.2) is 0 Å². The molecule has 0 radical (unpaired) electrons. The number of hydrogen-bond donors (Lipinski definition) is 2. The van der Waals surface area contributed by atoms with Crippen LogP contribution >= 0.6 is 11.6 Å². The number of benzene rings is 1. The van der Waals surface area contributed by atoms with Crippen molar-refractivity contribution in [2.45, 2.75) is 38.8 Å². The first kappa shape index (κ1) is 27.7. The fourth-order valence-electron chi connectivity index (χ4n) is 2.95. The Morgan fingerprint density at radius 1 is 1.09 bits per heavy atom. The molecule has 0 unspecified atom stereocenters. The fourth-order valence-corrected chi connectivity index (χ4v) is 3.07. The summed E-state index contributed by atoms with van der Waals surface area (Å²) >= 11 is 5.91. The number of carbonyl (C=O) groups is 3. The Morgan fingerprint density at radius 2 is 1.66 bits per heavy atom. The SMILES string of the molecule is CCCCCN(CCC(=O)N1CCNCC1)C(=O)c1ccc(Cl)cc1.O=C(O)C(F)(F)F. The van der Waals surface area contributed by atoms with Gasteiger partial charge in [0, 0.05) is 56.3 Å². The Hall–Kier alpha value is -2.33. The molecular weight excluding hydrogens is 451 g/mol. The molecule has 11 heteroatoms. The summed E-state index contributed by atoms with van der Waals surface area (Å²) in [5.41, 5.74) is 0.621. The van der Waals surface area contributed by atoms with Crippen molar-refractivity contribution in [2.24, 2.45) is 0 Å². The van der Waals surface area contributed by atoms with Gasteiger partial charge in [-0.1, -0.05) is 31.4 Å². The highest BCUT2D eigenvalue weighted by Crippen LogP contribution is 2.14. The van der Waals surface area contributed by atoms with Gasteiger partial charge in [-0.3, -0.25) is 9.59 Å². The molecular formula is C21H29ClF3N3O4. The van der Waals surface area contributed by atoms with E-state index in [1.54, 1.807) is 29.2 Å². The highest BCUT2D eigenvalue weighted by molar-refractivity contribution is 6.30. The third-order valence-corrected chi connectivity index (χ3v) is 4.97. The van der Waals surface area contributed by atoms with E-state index in [1.807, 2.05) is 4.90 Å². The highest BCUT2D eigenvalue weighted by Gasteiger charge is 2.38. The molecule has 1 fully saturated rings. The van der Waals surface area contributed by atoms with E-state index in [9.17, 15) is 22.8 Å². The molecule has 180 valence electrons. The molecule has 2 rings (SSSR count). The molecule has 1 aliphatic heterocycles. The van der Waals surface area contributed by atoms with Crippen molar-refractivity contribution in [1.29, 1.82) is 0 Å². The van der Waals surface area contributed by atoms with Crippen LogP contribution in [0.25, 0.3) is 0 Å². The second-order valence-electron chi connectivity index (χ2n) is 7.19. The maximum Gasteiger partial charge on any atom is 0.490 e. The summed E-state index contributed by atoms with van der Waals surface area (Å²) in [4.78, 5) is 37.7. The van der Waals surface area contributed by atoms with Crippen LogP contribution in [0.5, 0.6) is 0 Å². The monoisotopic (exact) mass is 479 g/mol. The van der Waals surface area contributed by atoms with Crippen LogP contribution in [-0.4, -0.2) is 78.1 Å². The van der Waals surface area contributed by atoms with E-state index in [-0.39, 0.29) is 11.8 Å². The number of alkyl halides is 3. The van der Waals surface area contributed by atoms with Crippen molar-refractivity contribution in [3.8, 4) is 0 Å². The average Bonchev–Trinajstić information content (AvgIpc) is 2.76. The van der Waals surface area contributed by atoms with Gasteiger partial charge in [-0.25, -0.2) is 4.79 Å². The summed E-state index contributed by atoms with van der Waals surface area (Å²) in [5.74, 6) is -2.65. The lowest BCUT2D eigenvalue weighted by Crippen LogP contribution is -2.47. The highest BCUT2D eigenvalue weighted by atomic mass is 35.5. The molecule has 1 aliphatic rings. The third kappa shape index (κ3) is 10.3. The molecule has 32 heavy (non-hydrogen) atoms. The van der Waals surface area contributed by atoms with Crippen molar-refractivity contribution in [3.63, 3.8) is 0 Å². The summed E-state index contributed by atoms with van der Waals surface area (Å²) in [6.45, 7) is 6.47. The maximum atomic E-state index is 12.8. The minimum Gasteiger partial charge on any atom is -0.475 e. The van der Waals surface area contributed by atoms with E-state index in [4.69, 9.17) is 21.5 Å². The topological polar surface area (TPSA) is 90.0 Å². The van der Waals surface area contributed by atoms with Crippen LogP contribution in [0.4, 0.5) is 13.2 Å². The van der Waals surface area contributed by atoms with Crippen LogP contribution in [0.1, 0.15) is 43.0 Å². The van der Waals surface area contributed by atoms with Crippen molar-refractivity contribution >= 4 is 29.4 Å². The van der Waals surface area contributed by atoms with Crippen LogP contribution in [0, 0.1) is 0 Å². The number of piperazine rings is 1. The second kappa shape index (κ2) is 13.9. The number of nitrogens with one attached hydrogen (secondary N) is 1. The van der Waals surface area contributed by atoms with Gasteiger partial charge in [0.05, 0.1) is 0 Å². The summed E-state index contributed by atoms with van der Waals surface area (Å²) in [5, 5.41) is 11.0. The van der Waals surface area contributed by atoms with Crippen LogP contribution in [0.2, 0.25) is 5.02 Å². The van der Waals surface area contributed by atoms with Gasteiger partial charge < -0.3 is 20.2 Å². The zero-order chi connectivity index (χ0) is 24.1. The molecule has 0 saturated carbocycles. The van der Waals surface area contributed by atoms with E-state index >= 15 is 0 Å². The summed E-state index contributed by atoms with van der Waals surface area (Å²) in [6.07, 6.45) is -1.57. The minimum atomic E-state index is -5.08. The number of carbonyl (C=O) groups excluding carboxylic acids is 2. The molecule has 0 atom stereocenters. The lowest BCUT2D eigenvalue weighted by molar-refractivity contribution is -0.192. The third-order valence-electron chi connectivity index (χ3n) is 4.72. The Labute approximate surface area is 190 Å². The van der Waals surface area contributed by atoms with Crippen molar-refractivity contribution in [1.82, 2.24) is 15.1 Å². The van der Waals surface area contributed by atoms with Crippen molar-refractivity contribution in [3.05, 3.63) is 34.9 Å². The number of amides is 2. The van der Waals surface area contributed by atoms with Crippen LogP contribution in [0.15, 0.2) is 24.3 Å². The molecule has 0 aliphatic carbocycles. The number of unbranched alkanes of at least 4 members (excludes halogenated alkanes) is 2. The molecule has 0 spiro atoms. The lowest BCUT2D eigenvalue weighted by atomic mass is 10.1. The van der Waals surface area contributed by atoms with E-state index < -0.39 is 12.1 Å². The molecule has 1 saturated heterocycles. The Balaban J connectivity index is 0.000000633. The average molecular weight is 480 g/mol. The minimum absolute atomic E-state index is 0.0270. The van der Waals surface area contributed by atoms with Crippen molar-refractivity contribution < 1.29 is 32.7 Å². The van der Waals surface area contributed by atoms with Crippen LogP contribution in [-0.2, 0) is 9.59 Å². The predicted octanol–water partition coefficient (Wildman–Crippen LogP) is 3.43. The molecule has 2 amide bonds.